The molecule has 1 N–H and O–H groups in total. The number of benzene rings is 1. The van der Waals surface area contributed by atoms with Crippen molar-refractivity contribution in [2.24, 2.45) is 0 Å². The van der Waals surface area contributed by atoms with Gasteiger partial charge in [-0.1, -0.05) is 0 Å². The summed E-state index contributed by atoms with van der Waals surface area (Å²) in [6.07, 6.45) is 3.35. The zero-order valence-electron chi connectivity index (χ0n) is 14.3. The van der Waals surface area contributed by atoms with E-state index in [0.29, 0.717) is 55.1 Å². The molecule has 7 nitrogen and oxygen atoms in total. The van der Waals surface area contributed by atoms with Gasteiger partial charge in [-0.15, -0.1) is 0 Å². The van der Waals surface area contributed by atoms with E-state index >= 15 is 0 Å². The Labute approximate surface area is 151 Å². The van der Waals surface area contributed by atoms with Gasteiger partial charge in [-0.25, -0.2) is 4.98 Å². The lowest BCUT2D eigenvalue weighted by Gasteiger charge is -2.22. The number of fused-ring (bicyclic) bond motifs is 1. The van der Waals surface area contributed by atoms with E-state index in [9.17, 15) is 4.79 Å². The standard InChI is InChI=1S/C19H20N2O5/c22-19(21-14-2-3-16-17(11-14)25-10-9-24-16)13-1-4-18(20-12-13)26-15-5-7-23-8-6-15/h1-4,11-12,15H,5-10H2,(H,21,22). The van der Waals surface area contributed by atoms with Gasteiger partial charge < -0.3 is 24.3 Å². The van der Waals surface area contributed by atoms with Crippen molar-refractivity contribution < 1.29 is 23.7 Å². The van der Waals surface area contributed by atoms with E-state index in [1.54, 1.807) is 30.3 Å². The SMILES string of the molecule is O=C(Nc1ccc2c(c1)OCCO2)c1ccc(OC2CCOCC2)nc1. The van der Waals surface area contributed by atoms with Gasteiger partial charge >= 0.3 is 0 Å². The summed E-state index contributed by atoms with van der Waals surface area (Å²) in [4.78, 5) is 16.6. The Kier molecular flexibility index (Phi) is 4.88. The van der Waals surface area contributed by atoms with Gasteiger partial charge in [0, 0.05) is 36.9 Å². The number of pyridine rings is 1. The van der Waals surface area contributed by atoms with Crippen molar-refractivity contribution in [2.75, 3.05) is 31.7 Å². The zero-order chi connectivity index (χ0) is 17.8. The van der Waals surface area contributed by atoms with Gasteiger partial charge in [-0.3, -0.25) is 4.79 Å². The Hall–Kier alpha value is -2.80. The molecule has 7 heteroatoms. The molecule has 1 saturated heterocycles. The van der Waals surface area contributed by atoms with E-state index in [4.69, 9.17) is 18.9 Å². The maximum atomic E-state index is 12.4. The summed E-state index contributed by atoms with van der Waals surface area (Å²) >= 11 is 0. The average Bonchev–Trinajstić information content (AvgIpc) is 2.69. The van der Waals surface area contributed by atoms with Crippen LogP contribution in [0.1, 0.15) is 23.2 Å². The second-order valence-electron chi connectivity index (χ2n) is 6.13. The van der Waals surface area contributed by atoms with E-state index in [1.165, 1.54) is 6.20 Å². The molecule has 0 saturated carbocycles. The quantitative estimate of drug-likeness (QED) is 0.907. The van der Waals surface area contributed by atoms with Crippen molar-refractivity contribution in [2.45, 2.75) is 18.9 Å². The van der Waals surface area contributed by atoms with E-state index in [-0.39, 0.29) is 12.0 Å². The predicted molar refractivity (Wildman–Crippen MR) is 94.1 cm³/mol. The van der Waals surface area contributed by atoms with Gasteiger partial charge in [-0.05, 0) is 18.2 Å². The number of carbonyl (C=O) groups is 1. The Balaban J connectivity index is 1.38. The number of hydrogen-bond donors (Lipinski definition) is 1. The fourth-order valence-corrected chi connectivity index (χ4v) is 2.87. The third kappa shape index (κ3) is 3.88. The van der Waals surface area contributed by atoms with Crippen LogP contribution in [0.4, 0.5) is 5.69 Å². The molecule has 0 unspecified atom stereocenters. The largest absolute Gasteiger partial charge is 0.486 e. The second kappa shape index (κ2) is 7.61. The van der Waals surface area contributed by atoms with Gasteiger partial charge in [0.2, 0.25) is 5.88 Å². The molecule has 2 aromatic rings. The maximum Gasteiger partial charge on any atom is 0.257 e. The molecular weight excluding hydrogens is 336 g/mol. The molecule has 1 fully saturated rings. The van der Waals surface area contributed by atoms with Gasteiger partial charge in [0.15, 0.2) is 11.5 Å². The van der Waals surface area contributed by atoms with Crippen molar-refractivity contribution in [1.29, 1.82) is 0 Å². The normalized spacial score (nSPS) is 16.8. The minimum absolute atomic E-state index is 0.119. The summed E-state index contributed by atoms with van der Waals surface area (Å²) < 4.78 is 22.1. The molecule has 2 aliphatic rings. The topological polar surface area (TPSA) is 78.9 Å². The van der Waals surface area contributed by atoms with Crippen molar-refractivity contribution in [1.82, 2.24) is 4.98 Å². The van der Waals surface area contributed by atoms with E-state index in [0.717, 1.165) is 12.8 Å². The molecular formula is C19H20N2O5. The van der Waals surface area contributed by atoms with Crippen LogP contribution < -0.4 is 19.5 Å². The number of rotatable bonds is 4. The van der Waals surface area contributed by atoms with Crippen molar-refractivity contribution in [3.05, 3.63) is 42.1 Å². The fraction of sp³-hybridized carbons (Fsp3) is 0.368. The Morgan fingerprint density at radius 3 is 2.62 bits per heavy atom. The first-order valence-electron chi connectivity index (χ1n) is 8.69. The molecule has 136 valence electrons. The van der Waals surface area contributed by atoms with Crippen molar-refractivity contribution in [3.63, 3.8) is 0 Å². The molecule has 0 aliphatic carbocycles. The minimum Gasteiger partial charge on any atom is -0.486 e. The second-order valence-corrected chi connectivity index (χ2v) is 6.13. The van der Waals surface area contributed by atoms with Gasteiger partial charge in [0.25, 0.3) is 5.91 Å². The van der Waals surface area contributed by atoms with Gasteiger partial charge in [-0.2, -0.15) is 0 Å². The van der Waals surface area contributed by atoms with Crippen LogP contribution in [0.25, 0.3) is 0 Å². The van der Waals surface area contributed by atoms with E-state index in [2.05, 4.69) is 10.3 Å². The first kappa shape index (κ1) is 16.7. The molecule has 3 heterocycles. The first-order valence-corrected chi connectivity index (χ1v) is 8.69. The number of nitrogens with zero attached hydrogens (tertiary/aromatic N) is 1. The molecule has 1 aromatic carbocycles. The van der Waals surface area contributed by atoms with Crippen LogP contribution in [-0.2, 0) is 4.74 Å². The maximum absolute atomic E-state index is 12.4. The molecule has 0 atom stereocenters. The summed E-state index contributed by atoms with van der Waals surface area (Å²) in [5.74, 6) is 1.59. The monoisotopic (exact) mass is 356 g/mol. The van der Waals surface area contributed by atoms with Crippen LogP contribution in [0.3, 0.4) is 0 Å². The number of aromatic nitrogens is 1. The minimum atomic E-state index is -0.244. The highest BCUT2D eigenvalue weighted by Gasteiger charge is 2.17. The Bertz CT molecular complexity index is 772. The van der Waals surface area contributed by atoms with Crippen LogP contribution in [0.2, 0.25) is 0 Å². The Morgan fingerprint density at radius 1 is 1.04 bits per heavy atom. The molecule has 0 radical (unpaired) electrons. The number of ether oxygens (including phenoxy) is 4. The average molecular weight is 356 g/mol. The summed E-state index contributed by atoms with van der Waals surface area (Å²) in [6.45, 7) is 2.46. The molecule has 1 aromatic heterocycles. The molecule has 2 aliphatic heterocycles. The number of carbonyl (C=O) groups excluding carboxylic acids is 1. The summed E-state index contributed by atoms with van der Waals surface area (Å²) in [7, 11) is 0. The fourth-order valence-electron chi connectivity index (χ4n) is 2.87. The predicted octanol–water partition coefficient (Wildman–Crippen LogP) is 2.66. The highest BCUT2D eigenvalue weighted by Crippen LogP contribution is 2.32. The molecule has 4 rings (SSSR count). The summed E-state index contributed by atoms with van der Waals surface area (Å²) in [6, 6.07) is 8.74. The van der Waals surface area contributed by atoms with E-state index < -0.39 is 0 Å². The highest BCUT2D eigenvalue weighted by molar-refractivity contribution is 6.04. The van der Waals surface area contributed by atoms with Crippen molar-refractivity contribution >= 4 is 11.6 Å². The third-order valence-corrected chi connectivity index (χ3v) is 4.25. The lowest BCUT2D eigenvalue weighted by Crippen LogP contribution is -2.26. The lowest BCUT2D eigenvalue weighted by atomic mass is 10.1. The van der Waals surface area contributed by atoms with Gasteiger partial charge in [0.1, 0.15) is 19.3 Å². The number of anilines is 1. The summed E-state index contributed by atoms with van der Waals surface area (Å²) in [5, 5.41) is 2.84. The van der Waals surface area contributed by atoms with Crippen LogP contribution in [0.15, 0.2) is 36.5 Å². The lowest BCUT2D eigenvalue weighted by molar-refractivity contribution is 0.0237. The summed E-state index contributed by atoms with van der Waals surface area (Å²) in [5.41, 5.74) is 1.10. The molecule has 0 spiro atoms. The third-order valence-electron chi connectivity index (χ3n) is 4.25. The van der Waals surface area contributed by atoms with Crippen LogP contribution >= 0.6 is 0 Å². The van der Waals surface area contributed by atoms with Gasteiger partial charge in [0.05, 0.1) is 18.8 Å². The number of amides is 1. The van der Waals surface area contributed by atoms with Crippen LogP contribution in [-0.4, -0.2) is 43.4 Å². The van der Waals surface area contributed by atoms with Crippen LogP contribution in [0.5, 0.6) is 17.4 Å². The molecule has 1 amide bonds. The number of hydrogen-bond acceptors (Lipinski definition) is 6. The Morgan fingerprint density at radius 2 is 1.85 bits per heavy atom. The molecule has 26 heavy (non-hydrogen) atoms. The van der Waals surface area contributed by atoms with Crippen molar-refractivity contribution in [3.8, 4) is 17.4 Å². The molecule has 0 bridgehead atoms. The number of nitrogens with one attached hydrogen (secondary N) is 1. The zero-order valence-corrected chi connectivity index (χ0v) is 14.3. The van der Waals surface area contributed by atoms with E-state index in [1.807, 2.05) is 0 Å². The first-order chi connectivity index (χ1) is 12.8. The van der Waals surface area contributed by atoms with Crippen LogP contribution in [0, 0.1) is 0 Å². The smallest absolute Gasteiger partial charge is 0.257 e. The highest BCUT2D eigenvalue weighted by atomic mass is 16.6.